The number of ketones is 2. The molecule has 1 aromatic heterocycles. The van der Waals surface area contributed by atoms with Gasteiger partial charge in [0.2, 0.25) is 5.91 Å². The van der Waals surface area contributed by atoms with Crippen LogP contribution in [0.2, 0.25) is 5.02 Å². The predicted molar refractivity (Wildman–Crippen MR) is 118 cm³/mol. The number of carbonyl (C=O) groups excluding carboxylic acids is 3. The molecule has 2 aromatic rings. The third kappa shape index (κ3) is 4.62. The molecule has 6 heteroatoms. The van der Waals surface area contributed by atoms with Crippen LogP contribution in [-0.4, -0.2) is 28.0 Å². The van der Waals surface area contributed by atoms with E-state index in [9.17, 15) is 14.4 Å². The number of Topliss-reactive ketones (excluding diaryl/α,β-unsaturated/α-hetero) is 2. The summed E-state index contributed by atoms with van der Waals surface area (Å²) in [4.78, 5) is 42.5. The van der Waals surface area contributed by atoms with Gasteiger partial charge < -0.3 is 5.32 Å². The number of hydrogen-bond donors (Lipinski definition) is 1. The summed E-state index contributed by atoms with van der Waals surface area (Å²) in [7, 11) is 0. The Morgan fingerprint density at radius 1 is 1.20 bits per heavy atom. The topological polar surface area (TPSA) is 76.1 Å². The Hall–Kier alpha value is -2.53. The van der Waals surface area contributed by atoms with Crippen molar-refractivity contribution in [3.05, 3.63) is 52.2 Å². The Bertz CT molecular complexity index is 1000. The second-order valence-electron chi connectivity index (χ2n) is 9.06. The molecule has 2 atom stereocenters. The molecule has 5 nitrogen and oxygen atoms in total. The van der Waals surface area contributed by atoms with Crippen molar-refractivity contribution in [1.29, 1.82) is 0 Å². The lowest BCUT2D eigenvalue weighted by molar-refractivity contribution is -0.129. The van der Waals surface area contributed by atoms with Crippen molar-refractivity contribution in [3.8, 4) is 11.3 Å². The van der Waals surface area contributed by atoms with Crippen LogP contribution in [0.5, 0.6) is 0 Å². The number of pyridine rings is 1. The number of amides is 1. The van der Waals surface area contributed by atoms with E-state index in [-0.39, 0.29) is 35.9 Å². The molecule has 30 heavy (non-hydrogen) atoms. The summed E-state index contributed by atoms with van der Waals surface area (Å²) in [6.45, 7) is 9.44. The van der Waals surface area contributed by atoms with Crippen molar-refractivity contribution in [2.75, 3.05) is 0 Å². The molecular formula is C24H27ClN2O3. The van der Waals surface area contributed by atoms with Crippen molar-refractivity contribution in [2.24, 2.45) is 5.92 Å². The monoisotopic (exact) mass is 426 g/mol. The Morgan fingerprint density at radius 2 is 1.83 bits per heavy atom. The maximum atomic E-state index is 13.1. The largest absolute Gasteiger partial charge is 0.351 e. The van der Waals surface area contributed by atoms with Crippen molar-refractivity contribution in [1.82, 2.24) is 10.3 Å². The lowest BCUT2D eigenvalue weighted by Gasteiger charge is -2.21. The summed E-state index contributed by atoms with van der Waals surface area (Å²) in [6, 6.07) is 7.37. The lowest BCUT2D eigenvalue weighted by Crippen LogP contribution is -2.41. The van der Waals surface area contributed by atoms with E-state index >= 15 is 0 Å². The van der Waals surface area contributed by atoms with Gasteiger partial charge in [0.15, 0.2) is 5.78 Å². The molecule has 1 aliphatic rings. The number of halogens is 1. The van der Waals surface area contributed by atoms with Crippen molar-refractivity contribution in [2.45, 2.75) is 58.9 Å². The molecule has 1 N–H and O–H groups in total. The summed E-state index contributed by atoms with van der Waals surface area (Å²) in [5.41, 5.74) is 3.56. The zero-order chi connectivity index (χ0) is 22.2. The number of aryl methyl sites for hydroxylation is 2. The van der Waals surface area contributed by atoms with Crippen LogP contribution in [0.25, 0.3) is 11.3 Å². The number of nitrogens with zero attached hydrogens (tertiary/aromatic N) is 1. The Labute approximate surface area is 182 Å². The number of aromatic nitrogens is 1. The molecule has 1 aromatic carbocycles. The molecule has 1 amide bonds. The standard InChI is InChI=1S/C24H27ClN2O3/c1-13-9-15(22-17(25)7-6-8-26-22)10-14(2)20(13)21-18(28)11-16(23(21)30)12-19(29)27-24(3,4)5/h6-10,16,21H,11-12H2,1-5H3,(H,27,29). The predicted octanol–water partition coefficient (Wildman–Crippen LogP) is 4.57. The number of rotatable bonds is 4. The van der Waals surface area contributed by atoms with Crippen LogP contribution in [0.4, 0.5) is 0 Å². The van der Waals surface area contributed by atoms with E-state index in [1.807, 2.05) is 46.8 Å². The molecule has 1 fully saturated rings. The van der Waals surface area contributed by atoms with Gasteiger partial charge >= 0.3 is 0 Å². The number of benzene rings is 1. The summed E-state index contributed by atoms with van der Waals surface area (Å²) >= 11 is 6.28. The highest BCUT2D eigenvalue weighted by Gasteiger charge is 2.44. The number of hydrogen-bond acceptors (Lipinski definition) is 4. The summed E-state index contributed by atoms with van der Waals surface area (Å²) in [5.74, 6) is -1.88. The van der Waals surface area contributed by atoms with Crippen molar-refractivity contribution < 1.29 is 14.4 Å². The van der Waals surface area contributed by atoms with E-state index in [1.165, 1.54) is 0 Å². The minimum absolute atomic E-state index is 0.0397. The number of nitrogens with one attached hydrogen (secondary N) is 1. The third-order valence-corrected chi connectivity index (χ3v) is 5.62. The van der Waals surface area contributed by atoms with Crippen LogP contribution >= 0.6 is 11.6 Å². The van der Waals surface area contributed by atoms with Crippen LogP contribution in [0.15, 0.2) is 30.5 Å². The molecule has 0 aliphatic heterocycles. The lowest BCUT2D eigenvalue weighted by atomic mass is 9.85. The fraction of sp³-hybridized carbons (Fsp3) is 0.417. The fourth-order valence-corrected chi connectivity index (χ4v) is 4.42. The van der Waals surface area contributed by atoms with Gasteiger partial charge in [0.1, 0.15) is 11.7 Å². The molecular weight excluding hydrogens is 400 g/mol. The molecule has 1 saturated carbocycles. The molecule has 0 radical (unpaired) electrons. The van der Waals surface area contributed by atoms with E-state index in [4.69, 9.17) is 11.6 Å². The molecule has 0 spiro atoms. The second-order valence-corrected chi connectivity index (χ2v) is 9.47. The van der Waals surface area contributed by atoms with Gasteiger partial charge in [-0.3, -0.25) is 19.4 Å². The molecule has 2 unspecified atom stereocenters. The van der Waals surface area contributed by atoms with Gasteiger partial charge in [-0.25, -0.2) is 0 Å². The van der Waals surface area contributed by atoms with E-state index in [0.717, 1.165) is 22.3 Å². The Balaban J connectivity index is 1.89. The molecule has 0 saturated heterocycles. The van der Waals surface area contributed by atoms with Crippen molar-refractivity contribution in [3.63, 3.8) is 0 Å². The third-order valence-electron chi connectivity index (χ3n) is 5.32. The van der Waals surface area contributed by atoms with Crippen LogP contribution in [-0.2, 0) is 14.4 Å². The molecule has 158 valence electrons. The zero-order valence-electron chi connectivity index (χ0n) is 18.0. The minimum atomic E-state index is -0.814. The van der Waals surface area contributed by atoms with Gasteiger partial charge in [0, 0.05) is 36.1 Å². The molecule has 1 aliphatic carbocycles. The molecule has 0 bridgehead atoms. The van der Waals surface area contributed by atoms with E-state index in [1.54, 1.807) is 18.3 Å². The van der Waals surface area contributed by atoms with Gasteiger partial charge in [-0.1, -0.05) is 11.6 Å². The average Bonchev–Trinajstić information content (AvgIpc) is 2.87. The maximum Gasteiger partial charge on any atom is 0.221 e. The van der Waals surface area contributed by atoms with Crippen molar-refractivity contribution >= 4 is 29.1 Å². The highest BCUT2D eigenvalue weighted by Crippen LogP contribution is 2.39. The smallest absolute Gasteiger partial charge is 0.221 e. The van der Waals surface area contributed by atoms with E-state index < -0.39 is 11.8 Å². The van der Waals surface area contributed by atoms with Crippen LogP contribution in [0.3, 0.4) is 0 Å². The fourth-order valence-electron chi connectivity index (χ4n) is 4.19. The van der Waals surface area contributed by atoms with Gasteiger partial charge in [-0.2, -0.15) is 0 Å². The summed E-state index contributed by atoms with van der Waals surface area (Å²) in [5, 5.41) is 3.41. The average molecular weight is 427 g/mol. The molecule has 1 heterocycles. The van der Waals surface area contributed by atoms with E-state index in [0.29, 0.717) is 10.7 Å². The minimum Gasteiger partial charge on any atom is -0.351 e. The first-order valence-corrected chi connectivity index (χ1v) is 10.4. The van der Waals surface area contributed by atoms with Gasteiger partial charge in [0.25, 0.3) is 0 Å². The van der Waals surface area contributed by atoms with Gasteiger partial charge in [-0.15, -0.1) is 0 Å². The highest BCUT2D eigenvalue weighted by molar-refractivity contribution is 6.33. The van der Waals surface area contributed by atoms with Crippen LogP contribution in [0.1, 0.15) is 56.2 Å². The first kappa shape index (κ1) is 22.2. The highest BCUT2D eigenvalue weighted by atomic mass is 35.5. The first-order valence-electron chi connectivity index (χ1n) is 10.1. The zero-order valence-corrected chi connectivity index (χ0v) is 18.8. The number of carbonyl (C=O) groups is 3. The SMILES string of the molecule is Cc1cc(-c2ncccc2Cl)cc(C)c1C1C(=O)CC(CC(=O)NC(C)(C)C)C1=O. The normalized spacial score (nSPS) is 19.3. The van der Waals surface area contributed by atoms with Gasteiger partial charge in [0.05, 0.1) is 10.7 Å². The molecule has 3 rings (SSSR count). The second kappa shape index (κ2) is 8.31. The summed E-state index contributed by atoms with van der Waals surface area (Å²) in [6.07, 6.45) is 1.82. The maximum absolute atomic E-state index is 13.1. The van der Waals surface area contributed by atoms with Crippen LogP contribution < -0.4 is 5.32 Å². The quantitative estimate of drug-likeness (QED) is 0.727. The Morgan fingerprint density at radius 3 is 2.40 bits per heavy atom. The van der Waals surface area contributed by atoms with E-state index in [2.05, 4.69) is 10.3 Å². The van der Waals surface area contributed by atoms with Gasteiger partial charge in [-0.05, 0) is 75.6 Å². The van der Waals surface area contributed by atoms with Crippen LogP contribution in [0, 0.1) is 19.8 Å². The summed E-state index contributed by atoms with van der Waals surface area (Å²) < 4.78 is 0. The first-order chi connectivity index (χ1) is 14.0. The Kier molecular flexibility index (Phi) is 6.14.